The average molecular weight is 367 g/mol. The number of aliphatic imine (C=N–C) groups is 1. The van der Waals surface area contributed by atoms with Gasteiger partial charge in [-0.2, -0.15) is 0 Å². The average Bonchev–Trinajstić information content (AvgIpc) is 3.08. The Morgan fingerprint density at radius 2 is 2.24 bits per heavy atom. The summed E-state index contributed by atoms with van der Waals surface area (Å²) in [5.74, 6) is 1.48. The quantitative estimate of drug-likeness (QED) is 0.422. The molecule has 2 N–H and O–H groups in total. The first-order chi connectivity index (χ1) is 12.1. The molecular weight excluding hydrogens is 336 g/mol. The maximum Gasteiger partial charge on any atom is 0.190 e. The highest BCUT2D eigenvalue weighted by Crippen LogP contribution is 2.29. The number of guanidine groups is 1. The van der Waals surface area contributed by atoms with Gasteiger partial charge in [-0.05, 0) is 50.3 Å². The fourth-order valence-electron chi connectivity index (χ4n) is 3.13. The summed E-state index contributed by atoms with van der Waals surface area (Å²) in [6.07, 6.45) is 2.17. The number of hydrogen-bond donors (Lipinski definition) is 2. The minimum absolute atomic E-state index is 0.611. The first kappa shape index (κ1) is 19.9. The summed E-state index contributed by atoms with van der Waals surface area (Å²) in [6, 6.07) is 6.12. The first-order valence-electron chi connectivity index (χ1n) is 9.17. The minimum Gasteiger partial charge on any atom is -0.382 e. The third-order valence-corrected chi connectivity index (χ3v) is 4.78. The predicted molar refractivity (Wildman–Crippen MR) is 107 cm³/mol. The second kappa shape index (κ2) is 10.5. The molecule has 0 aromatic heterocycles. The van der Waals surface area contributed by atoms with Crippen LogP contribution in [0.25, 0.3) is 0 Å². The lowest BCUT2D eigenvalue weighted by Gasteiger charge is -2.21. The van der Waals surface area contributed by atoms with E-state index in [1.807, 2.05) is 20.0 Å². The van der Waals surface area contributed by atoms with Crippen molar-refractivity contribution < 1.29 is 4.74 Å². The Bertz CT molecular complexity index is 564. The van der Waals surface area contributed by atoms with Gasteiger partial charge in [0, 0.05) is 57.2 Å². The molecule has 1 fully saturated rings. The second-order valence-corrected chi connectivity index (χ2v) is 6.90. The minimum atomic E-state index is 0.611. The second-order valence-electron chi connectivity index (χ2n) is 6.46. The smallest absolute Gasteiger partial charge is 0.190 e. The van der Waals surface area contributed by atoms with Crippen molar-refractivity contribution in [2.75, 3.05) is 51.3 Å². The molecule has 0 radical (unpaired) electrons. The maximum atomic E-state index is 6.16. The van der Waals surface area contributed by atoms with Gasteiger partial charge in [0.05, 0.1) is 0 Å². The third-order valence-electron chi connectivity index (χ3n) is 4.54. The van der Waals surface area contributed by atoms with Gasteiger partial charge >= 0.3 is 0 Å². The van der Waals surface area contributed by atoms with Crippen molar-refractivity contribution in [3.8, 4) is 0 Å². The Balaban J connectivity index is 1.74. The van der Waals surface area contributed by atoms with E-state index >= 15 is 0 Å². The summed E-state index contributed by atoms with van der Waals surface area (Å²) < 4.78 is 5.35. The molecule has 1 aromatic carbocycles. The van der Waals surface area contributed by atoms with Crippen LogP contribution >= 0.6 is 11.6 Å². The van der Waals surface area contributed by atoms with Crippen LogP contribution in [0.5, 0.6) is 0 Å². The van der Waals surface area contributed by atoms with Gasteiger partial charge in [-0.25, -0.2) is 0 Å². The summed E-state index contributed by atoms with van der Waals surface area (Å²) in [5, 5.41) is 7.59. The molecule has 1 atom stereocenters. The first-order valence-corrected chi connectivity index (χ1v) is 9.55. The fraction of sp³-hybridized carbons (Fsp3) is 0.632. The normalized spacial score (nSPS) is 17.8. The zero-order chi connectivity index (χ0) is 18.1. The van der Waals surface area contributed by atoms with E-state index in [9.17, 15) is 0 Å². The van der Waals surface area contributed by atoms with E-state index in [1.165, 1.54) is 17.7 Å². The molecule has 140 valence electrons. The molecule has 0 aliphatic carbocycles. The Morgan fingerprint density at radius 1 is 1.40 bits per heavy atom. The Morgan fingerprint density at radius 3 is 3.00 bits per heavy atom. The van der Waals surface area contributed by atoms with Crippen molar-refractivity contribution >= 4 is 23.2 Å². The van der Waals surface area contributed by atoms with Gasteiger partial charge < -0.3 is 20.3 Å². The van der Waals surface area contributed by atoms with E-state index in [0.29, 0.717) is 5.92 Å². The van der Waals surface area contributed by atoms with E-state index in [-0.39, 0.29) is 0 Å². The van der Waals surface area contributed by atoms with Crippen molar-refractivity contribution in [1.29, 1.82) is 0 Å². The zero-order valence-corrected chi connectivity index (χ0v) is 16.4. The molecule has 1 saturated heterocycles. The molecule has 25 heavy (non-hydrogen) atoms. The van der Waals surface area contributed by atoms with Gasteiger partial charge in [0.15, 0.2) is 5.96 Å². The van der Waals surface area contributed by atoms with Gasteiger partial charge in [0.2, 0.25) is 0 Å². The molecule has 0 bridgehead atoms. The topological polar surface area (TPSA) is 48.9 Å². The van der Waals surface area contributed by atoms with Crippen LogP contribution < -0.4 is 15.5 Å². The molecule has 2 rings (SSSR count). The summed E-state index contributed by atoms with van der Waals surface area (Å²) in [6.45, 7) is 9.66. The lowest BCUT2D eigenvalue weighted by atomic mass is 10.1. The van der Waals surface area contributed by atoms with Crippen LogP contribution in [0.1, 0.15) is 25.3 Å². The largest absolute Gasteiger partial charge is 0.382 e. The number of aryl methyl sites for hydroxylation is 1. The van der Waals surface area contributed by atoms with Gasteiger partial charge in [-0.3, -0.25) is 4.99 Å². The summed E-state index contributed by atoms with van der Waals surface area (Å²) in [5.41, 5.74) is 2.54. The van der Waals surface area contributed by atoms with Gasteiger partial charge in [-0.1, -0.05) is 17.7 Å². The molecule has 1 unspecified atom stereocenters. The third kappa shape index (κ3) is 6.40. The number of nitrogens with zero attached hydrogens (tertiary/aromatic N) is 2. The molecule has 6 heteroatoms. The van der Waals surface area contributed by atoms with E-state index in [1.54, 1.807) is 0 Å². The molecular formula is C19H31ClN4O. The van der Waals surface area contributed by atoms with Gasteiger partial charge in [-0.15, -0.1) is 0 Å². The SMILES string of the molecule is CCOCCCNC(=NC)NCC1CCN(c2cc(Cl)ccc2C)C1. The molecule has 1 heterocycles. The van der Waals surface area contributed by atoms with Crippen molar-refractivity contribution in [3.63, 3.8) is 0 Å². The standard InChI is InChI=1S/C19H31ClN4O/c1-4-25-11-5-9-22-19(21-3)23-13-16-8-10-24(14-16)18-12-17(20)7-6-15(18)2/h6-7,12,16H,4-5,8-11,13-14H2,1-3H3,(H2,21,22,23). The molecule has 1 aromatic rings. The highest BCUT2D eigenvalue weighted by atomic mass is 35.5. The Kier molecular flexibility index (Phi) is 8.35. The van der Waals surface area contributed by atoms with Crippen LogP contribution in [-0.4, -0.2) is 52.4 Å². The highest BCUT2D eigenvalue weighted by molar-refractivity contribution is 6.30. The number of benzene rings is 1. The molecule has 0 spiro atoms. The van der Waals surface area contributed by atoms with Crippen LogP contribution in [-0.2, 0) is 4.74 Å². The maximum absolute atomic E-state index is 6.16. The number of halogens is 1. The lowest BCUT2D eigenvalue weighted by Crippen LogP contribution is -2.40. The predicted octanol–water partition coefficient (Wildman–Crippen LogP) is 3.07. The highest BCUT2D eigenvalue weighted by Gasteiger charge is 2.23. The number of nitrogens with one attached hydrogen (secondary N) is 2. The Hall–Kier alpha value is -1.46. The molecule has 0 amide bonds. The zero-order valence-electron chi connectivity index (χ0n) is 15.6. The van der Waals surface area contributed by atoms with Gasteiger partial charge in [0.1, 0.15) is 0 Å². The number of ether oxygens (including phenoxy) is 1. The number of hydrogen-bond acceptors (Lipinski definition) is 3. The van der Waals surface area contributed by atoms with Crippen LogP contribution in [0, 0.1) is 12.8 Å². The van der Waals surface area contributed by atoms with Gasteiger partial charge in [0.25, 0.3) is 0 Å². The molecule has 5 nitrogen and oxygen atoms in total. The fourth-order valence-corrected chi connectivity index (χ4v) is 3.29. The van der Waals surface area contributed by atoms with Crippen LogP contribution in [0.2, 0.25) is 5.02 Å². The molecule has 0 saturated carbocycles. The van der Waals surface area contributed by atoms with Crippen LogP contribution in [0.3, 0.4) is 0 Å². The summed E-state index contributed by atoms with van der Waals surface area (Å²) in [4.78, 5) is 6.73. The number of anilines is 1. The monoisotopic (exact) mass is 366 g/mol. The van der Waals surface area contributed by atoms with E-state index in [2.05, 4.69) is 39.6 Å². The van der Waals surface area contributed by atoms with Crippen LogP contribution in [0.15, 0.2) is 23.2 Å². The van der Waals surface area contributed by atoms with E-state index in [0.717, 1.165) is 56.8 Å². The summed E-state index contributed by atoms with van der Waals surface area (Å²) >= 11 is 6.16. The lowest BCUT2D eigenvalue weighted by molar-refractivity contribution is 0.145. The molecule has 1 aliphatic rings. The van der Waals surface area contributed by atoms with E-state index < -0.39 is 0 Å². The Labute approximate surface area is 156 Å². The van der Waals surface area contributed by atoms with Crippen molar-refractivity contribution in [3.05, 3.63) is 28.8 Å². The van der Waals surface area contributed by atoms with Crippen molar-refractivity contribution in [1.82, 2.24) is 10.6 Å². The summed E-state index contributed by atoms with van der Waals surface area (Å²) in [7, 11) is 1.81. The number of rotatable bonds is 8. The van der Waals surface area contributed by atoms with Crippen molar-refractivity contribution in [2.45, 2.75) is 26.7 Å². The van der Waals surface area contributed by atoms with E-state index in [4.69, 9.17) is 16.3 Å². The molecule has 1 aliphatic heterocycles. The van der Waals surface area contributed by atoms with Crippen LogP contribution in [0.4, 0.5) is 5.69 Å². The van der Waals surface area contributed by atoms with Crippen molar-refractivity contribution in [2.24, 2.45) is 10.9 Å².